The number of aromatic nitrogens is 2. The van der Waals surface area contributed by atoms with Gasteiger partial charge in [-0.2, -0.15) is 18.4 Å². The monoisotopic (exact) mass is 597 g/mol. The summed E-state index contributed by atoms with van der Waals surface area (Å²) in [5.74, 6) is 0.281. The molecule has 0 spiro atoms. The number of Topliss-reactive ketones (excluding diaryl/α,β-unsaturated/α-hetero) is 1. The molecule has 7 nitrogen and oxygen atoms in total. The van der Waals surface area contributed by atoms with E-state index in [0.717, 1.165) is 17.7 Å². The van der Waals surface area contributed by atoms with Crippen molar-refractivity contribution >= 4 is 34.0 Å². The zero-order valence-electron chi connectivity index (χ0n) is 22.5. The van der Waals surface area contributed by atoms with Crippen LogP contribution in [0.2, 0.25) is 0 Å². The van der Waals surface area contributed by atoms with Crippen molar-refractivity contribution < 1.29 is 22.7 Å². The molecule has 0 saturated carbocycles. The third kappa shape index (κ3) is 5.69. The van der Waals surface area contributed by atoms with E-state index in [1.54, 1.807) is 30.2 Å². The highest BCUT2D eigenvalue weighted by Crippen LogP contribution is 2.51. The molecular formula is C29H26F3N5O2S2. The highest BCUT2D eigenvalue weighted by atomic mass is 32.2. The molecule has 0 saturated heterocycles. The summed E-state index contributed by atoms with van der Waals surface area (Å²) in [7, 11) is 1.55. The molecule has 41 heavy (non-hydrogen) atoms. The van der Waals surface area contributed by atoms with E-state index in [1.807, 2.05) is 26.0 Å². The van der Waals surface area contributed by atoms with Crippen LogP contribution in [0.4, 0.5) is 18.3 Å². The molecule has 2 heterocycles. The number of carbonyl (C=O) groups is 1. The van der Waals surface area contributed by atoms with Crippen LogP contribution in [0.25, 0.3) is 0 Å². The first kappa shape index (κ1) is 28.7. The quantitative estimate of drug-likeness (QED) is 0.310. The Morgan fingerprint density at radius 1 is 1.20 bits per heavy atom. The van der Waals surface area contributed by atoms with E-state index in [2.05, 4.69) is 16.3 Å². The van der Waals surface area contributed by atoms with Gasteiger partial charge in [0.05, 0.1) is 30.2 Å². The van der Waals surface area contributed by atoms with E-state index < -0.39 is 17.7 Å². The van der Waals surface area contributed by atoms with Crippen LogP contribution in [-0.2, 0) is 16.7 Å². The van der Waals surface area contributed by atoms with Gasteiger partial charge in [-0.1, -0.05) is 67.3 Å². The van der Waals surface area contributed by atoms with Crippen molar-refractivity contribution in [3.8, 4) is 11.8 Å². The van der Waals surface area contributed by atoms with E-state index in [-0.39, 0.29) is 28.3 Å². The van der Waals surface area contributed by atoms with Gasteiger partial charge in [0, 0.05) is 23.4 Å². The lowest BCUT2D eigenvalue weighted by Crippen LogP contribution is -2.42. The third-order valence-corrected chi connectivity index (χ3v) is 9.12. The first-order valence-electron chi connectivity index (χ1n) is 12.6. The van der Waals surface area contributed by atoms with E-state index in [9.17, 15) is 23.2 Å². The number of allylic oxidation sites excluding steroid dienone is 3. The molecule has 212 valence electrons. The van der Waals surface area contributed by atoms with Crippen LogP contribution in [0.1, 0.15) is 49.3 Å². The van der Waals surface area contributed by atoms with Gasteiger partial charge in [-0.25, -0.2) is 0 Å². The summed E-state index contributed by atoms with van der Waals surface area (Å²) in [6.45, 7) is 4.01. The maximum absolute atomic E-state index is 13.7. The Labute approximate surface area is 243 Å². The number of alkyl halides is 3. The number of halogens is 3. The number of nitrogens with zero attached hydrogens (tertiary/aromatic N) is 4. The summed E-state index contributed by atoms with van der Waals surface area (Å²) in [4.78, 5) is 15.3. The number of nitrogens with two attached hydrogens (primary N) is 1. The molecule has 3 aromatic rings. The molecule has 2 aliphatic rings. The Morgan fingerprint density at radius 3 is 2.66 bits per heavy atom. The molecule has 5 rings (SSSR count). The number of anilines is 1. The van der Waals surface area contributed by atoms with Gasteiger partial charge in [0.15, 0.2) is 10.1 Å². The molecule has 0 unspecified atom stereocenters. The van der Waals surface area contributed by atoms with Crippen molar-refractivity contribution in [2.75, 3.05) is 12.0 Å². The summed E-state index contributed by atoms with van der Waals surface area (Å²) in [5, 5.41) is 19.2. The number of nitriles is 1. The lowest BCUT2D eigenvalue weighted by Gasteiger charge is -2.42. The fourth-order valence-electron chi connectivity index (χ4n) is 5.22. The number of thioether (sulfide) groups is 1. The van der Waals surface area contributed by atoms with Crippen LogP contribution in [0, 0.1) is 16.7 Å². The van der Waals surface area contributed by atoms with E-state index in [4.69, 9.17) is 10.5 Å². The Morgan fingerprint density at radius 2 is 1.95 bits per heavy atom. The Hall–Kier alpha value is -3.82. The molecule has 1 aliphatic heterocycles. The van der Waals surface area contributed by atoms with Crippen LogP contribution >= 0.6 is 23.1 Å². The molecule has 0 fully saturated rings. The van der Waals surface area contributed by atoms with Crippen molar-refractivity contribution in [3.05, 3.63) is 87.9 Å². The Bertz CT molecular complexity index is 1620. The highest BCUT2D eigenvalue weighted by molar-refractivity contribution is 8.00. The van der Waals surface area contributed by atoms with Crippen LogP contribution in [0.3, 0.4) is 0 Å². The zero-order chi connectivity index (χ0) is 29.5. The Kier molecular flexibility index (Phi) is 7.61. The summed E-state index contributed by atoms with van der Waals surface area (Å²) in [5.41, 5.74) is 8.20. The first-order chi connectivity index (χ1) is 19.4. The second kappa shape index (κ2) is 10.9. The van der Waals surface area contributed by atoms with Crippen LogP contribution in [0.5, 0.6) is 5.75 Å². The third-order valence-electron chi connectivity index (χ3n) is 7.01. The van der Waals surface area contributed by atoms with Crippen molar-refractivity contribution in [1.82, 2.24) is 10.2 Å². The van der Waals surface area contributed by atoms with Gasteiger partial charge in [0.1, 0.15) is 11.6 Å². The number of ketones is 1. The molecule has 1 aromatic heterocycles. The topological polar surface area (TPSA) is 105 Å². The molecule has 0 amide bonds. The van der Waals surface area contributed by atoms with Crippen LogP contribution in [0.15, 0.2) is 75.5 Å². The fourth-order valence-corrected chi connectivity index (χ4v) is 7.04. The lowest BCUT2D eigenvalue weighted by atomic mass is 9.68. The summed E-state index contributed by atoms with van der Waals surface area (Å²) < 4.78 is 45.3. The van der Waals surface area contributed by atoms with Gasteiger partial charge in [-0.3, -0.25) is 9.69 Å². The van der Waals surface area contributed by atoms with E-state index in [0.29, 0.717) is 44.9 Å². The number of benzene rings is 2. The molecule has 2 aromatic carbocycles. The van der Waals surface area contributed by atoms with Gasteiger partial charge in [0.25, 0.3) is 0 Å². The average molecular weight is 598 g/mol. The molecule has 1 atom stereocenters. The van der Waals surface area contributed by atoms with Gasteiger partial charge in [-0.15, -0.1) is 10.2 Å². The molecule has 12 heteroatoms. The largest absolute Gasteiger partial charge is 0.497 e. The Balaban J connectivity index is 1.53. The standard InChI is InChI=1S/C29H26F3N5O2S2/c1-28(2)12-21-24(22(38)13-28)23(17-7-5-9-19(11-17)39-3)20(14-33)25(34)37(21)26-35-36-27(41-26)40-15-16-6-4-8-18(10-16)29(30,31)32/h4-11,23H,12-13,15,34H2,1-3H3/t23-/m1/s1. The highest BCUT2D eigenvalue weighted by Gasteiger charge is 2.45. The van der Waals surface area contributed by atoms with E-state index >= 15 is 0 Å². The minimum absolute atomic E-state index is 0.0713. The summed E-state index contributed by atoms with van der Waals surface area (Å²) >= 11 is 2.45. The predicted octanol–water partition coefficient (Wildman–Crippen LogP) is 6.80. The van der Waals surface area contributed by atoms with Gasteiger partial charge in [0.2, 0.25) is 5.13 Å². The smallest absolute Gasteiger partial charge is 0.416 e. The second-order valence-electron chi connectivity index (χ2n) is 10.6. The fraction of sp³-hybridized carbons (Fsp3) is 0.310. The van der Waals surface area contributed by atoms with Gasteiger partial charge in [-0.05, 0) is 41.2 Å². The number of hydrogen-bond acceptors (Lipinski definition) is 9. The van der Waals surface area contributed by atoms with Crippen molar-refractivity contribution in [2.24, 2.45) is 11.1 Å². The van der Waals surface area contributed by atoms with Gasteiger partial charge >= 0.3 is 6.18 Å². The first-order valence-corrected chi connectivity index (χ1v) is 14.4. The minimum Gasteiger partial charge on any atom is -0.497 e. The molecule has 0 radical (unpaired) electrons. The van der Waals surface area contributed by atoms with Crippen molar-refractivity contribution in [2.45, 2.75) is 48.9 Å². The number of methoxy groups -OCH3 is 1. The number of hydrogen-bond donors (Lipinski definition) is 1. The maximum Gasteiger partial charge on any atom is 0.416 e. The maximum atomic E-state index is 13.7. The number of rotatable bonds is 6. The predicted molar refractivity (Wildman–Crippen MR) is 151 cm³/mol. The van der Waals surface area contributed by atoms with Crippen molar-refractivity contribution in [1.29, 1.82) is 5.26 Å². The van der Waals surface area contributed by atoms with Crippen LogP contribution < -0.4 is 15.4 Å². The van der Waals surface area contributed by atoms with Crippen LogP contribution in [-0.4, -0.2) is 23.1 Å². The summed E-state index contributed by atoms with van der Waals surface area (Å²) in [6, 6.07) is 14.6. The molecular weight excluding hydrogens is 571 g/mol. The molecule has 1 aliphatic carbocycles. The molecule has 0 bridgehead atoms. The zero-order valence-corrected chi connectivity index (χ0v) is 24.1. The lowest BCUT2D eigenvalue weighted by molar-refractivity contribution is -0.137. The normalized spacial score (nSPS) is 18.8. The van der Waals surface area contributed by atoms with Crippen molar-refractivity contribution in [3.63, 3.8) is 0 Å². The van der Waals surface area contributed by atoms with Gasteiger partial charge < -0.3 is 10.5 Å². The minimum atomic E-state index is -4.42. The average Bonchev–Trinajstić information content (AvgIpc) is 3.38. The second-order valence-corrected chi connectivity index (χ2v) is 12.8. The SMILES string of the molecule is COc1cccc([C@@H]2C(C#N)=C(N)N(c3nnc(SCc4cccc(C(F)(F)F)c4)s3)C3=C2C(=O)CC(C)(C)C3)c1. The number of carbonyl (C=O) groups excluding carboxylic acids is 1. The van der Waals surface area contributed by atoms with E-state index in [1.165, 1.54) is 29.2 Å². The molecule has 2 N–H and O–H groups in total. The summed E-state index contributed by atoms with van der Waals surface area (Å²) in [6.07, 6.45) is -3.60. The number of ether oxygens (including phenoxy) is 1.